The molecule has 20 heavy (non-hydrogen) atoms. The highest BCUT2D eigenvalue weighted by Crippen LogP contribution is 2.20. The first-order valence-electron chi connectivity index (χ1n) is 6.32. The number of carbonyl (C=O) groups excluding carboxylic acids is 1. The number of hydrogen-bond acceptors (Lipinski definition) is 4. The zero-order chi connectivity index (χ0) is 14.4. The van der Waals surface area contributed by atoms with Crippen LogP contribution in [-0.4, -0.2) is 24.7 Å². The molecule has 5 heteroatoms. The Morgan fingerprint density at radius 1 is 1.30 bits per heavy atom. The van der Waals surface area contributed by atoms with E-state index in [2.05, 4.69) is 5.32 Å². The average molecular weight is 291 g/mol. The van der Waals surface area contributed by atoms with Crippen molar-refractivity contribution in [3.63, 3.8) is 0 Å². The largest absolute Gasteiger partial charge is 0.496 e. The minimum atomic E-state index is -0.0784. The lowest BCUT2D eigenvalue weighted by Crippen LogP contribution is -2.24. The summed E-state index contributed by atoms with van der Waals surface area (Å²) in [5.74, 6) is 0.630. The summed E-state index contributed by atoms with van der Waals surface area (Å²) in [7, 11) is 1.58. The number of aliphatic hydroxyl groups is 1. The summed E-state index contributed by atoms with van der Waals surface area (Å²) in [6, 6.07) is 9.44. The van der Waals surface area contributed by atoms with Crippen LogP contribution in [0.25, 0.3) is 0 Å². The molecule has 0 bridgehead atoms. The number of thiophene rings is 1. The van der Waals surface area contributed by atoms with Crippen LogP contribution in [0.1, 0.15) is 20.8 Å². The molecule has 1 aromatic heterocycles. The fourth-order valence-corrected chi connectivity index (χ4v) is 2.53. The topological polar surface area (TPSA) is 58.6 Å². The van der Waals surface area contributed by atoms with Crippen LogP contribution in [0.5, 0.6) is 5.75 Å². The summed E-state index contributed by atoms with van der Waals surface area (Å²) in [4.78, 5) is 12.5. The number of aliphatic hydroxyl groups excluding tert-OH is 1. The zero-order valence-corrected chi connectivity index (χ0v) is 12.1. The first-order chi connectivity index (χ1) is 9.72. The van der Waals surface area contributed by atoms with Crippen LogP contribution in [0.4, 0.5) is 0 Å². The molecule has 0 atom stereocenters. The molecule has 0 fully saturated rings. The summed E-state index contributed by atoms with van der Waals surface area (Å²) in [6.07, 6.45) is 0.764. The normalized spacial score (nSPS) is 10.3. The van der Waals surface area contributed by atoms with Crippen LogP contribution in [0.2, 0.25) is 0 Å². The Balaban J connectivity index is 1.81. The van der Waals surface area contributed by atoms with Crippen molar-refractivity contribution >= 4 is 17.2 Å². The van der Waals surface area contributed by atoms with E-state index in [1.165, 1.54) is 11.3 Å². The lowest BCUT2D eigenvalue weighted by molar-refractivity contribution is 0.0958. The molecule has 0 saturated heterocycles. The van der Waals surface area contributed by atoms with Gasteiger partial charge in [-0.2, -0.15) is 0 Å². The van der Waals surface area contributed by atoms with Gasteiger partial charge in [0.05, 0.1) is 18.6 Å². The van der Waals surface area contributed by atoms with E-state index in [0.29, 0.717) is 17.2 Å². The molecule has 1 amide bonds. The molecule has 0 saturated carbocycles. The van der Waals surface area contributed by atoms with Crippen LogP contribution in [0, 0.1) is 0 Å². The van der Waals surface area contributed by atoms with E-state index >= 15 is 0 Å². The summed E-state index contributed by atoms with van der Waals surface area (Å²) in [5, 5.41) is 13.6. The Hall–Kier alpha value is -1.85. The van der Waals surface area contributed by atoms with Gasteiger partial charge in [0.2, 0.25) is 0 Å². The third-order valence-electron chi connectivity index (χ3n) is 2.94. The summed E-state index contributed by atoms with van der Waals surface area (Å²) in [5.41, 5.74) is 2.02. The molecule has 0 spiro atoms. The SMILES string of the molecule is COc1csc(C(=O)NCCc2ccc(CO)cc2)c1. The van der Waals surface area contributed by atoms with Crippen LogP contribution >= 0.6 is 11.3 Å². The maximum Gasteiger partial charge on any atom is 0.261 e. The molecule has 0 aliphatic heterocycles. The molecule has 2 N–H and O–H groups in total. The lowest BCUT2D eigenvalue weighted by Gasteiger charge is -2.04. The smallest absolute Gasteiger partial charge is 0.261 e. The van der Waals surface area contributed by atoms with Crippen molar-refractivity contribution < 1.29 is 14.6 Å². The third-order valence-corrected chi connectivity index (χ3v) is 3.85. The maximum atomic E-state index is 11.9. The number of hydrogen-bond donors (Lipinski definition) is 2. The van der Waals surface area contributed by atoms with Gasteiger partial charge in [0.15, 0.2) is 0 Å². The fraction of sp³-hybridized carbons (Fsp3) is 0.267. The molecule has 0 radical (unpaired) electrons. The van der Waals surface area contributed by atoms with Gasteiger partial charge in [-0.05, 0) is 17.5 Å². The first-order valence-corrected chi connectivity index (χ1v) is 7.20. The van der Waals surface area contributed by atoms with E-state index in [-0.39, 0.29) is 12.5 Å². The third kappa shape index (κ3) is 3.82. The van der Waals surface area contributed by atoms with Gasteiger partial charge in [-0.15, -0.1) is 11.3 Å². The number of rotatable bonds is 6. The Morgan fingerprint density at radius 2 is 2.00 bits per heavy atom. The monoisotopic (exact) mass is 291 g/mol. The van der Waals surface area contributed by atoms with Gasteiger partial charge in [-0.1, -0.05) is 24.3 Å². The van der Waals surface area contributed by atoms with Crippen LogP contribution in [0.15, 0.2) is 35.7 Å². The minimum absolute atomic E-state index is 0.0528. The number of benzene rings is 1. The van der Waals surface area contributed by atoms with Crippen molar-refractivity contribution in [3.05, 3.63) is 51.7 Å². The second-order valence-corrected chi connectivity index (χ2v) is 5.24. The standard InChI is InChI=1S/C15H17NO3S/c1-19-13-8-14(20-10-13)15(18)16-7-6-11-2-4-12(9-17)5-3-11/h2-5,8,10,17H,6-7,9H2,1H3,(H,16,18). The van der Waals surface area contributed by atoms with Gasteiger partial charge in [0.1, 0.15) is 5.75 Å². The zero-order valence-electron chi connectivity index (χ0n) is 11.3. The Bertz CT molecular complexity index is 563. The molecule has 1 aromatic carbocycles. The second-order valence-electron chi connectivity index (χ2n) is 4.33. The van der Waals surface area contributed by atoms with E-state index in [0.717, 1.165) is 17.5 Å². The predicted molar refractivity (Wildman–Crippen MR) is 79.3 cm³/mol. The summed E-state index contributed by atoms with van der Waals surface area (Å²) in [6.45, 7) is 0.634. The molecule has 4 nitrogen and oxygen atoms in total. The summed E-state index contributed by atoms with van der Waals surface area (Å²) >= 11 is 1.37. The highest BCUT2D eigenvalue weighted by Gasteiger charge is 2.08. The van der Waals surface area contributed by atoms with E-state index in [9.17, 15) is 4.79 Å². The number of methoxy groups -OCH3 is 1. The molecule has 2 aromatic rings. The van der Waals surface area contributed by atoms with E-state index < -0.39 is 0 Å². The van der Waals surface area contributed by atoms with Crippen molar-refractivity contribution in [3.8, 4) is 5.75 Å². The van der Waals surface area contributed by atoms with Gasteiger partial charge in [-0.25, -0.2) is 0 Å². The van der Waals surface area contributed by atoms with Crippen LogP contribution in [-0.2, 0) is 13.0 Å². The molecule has 0 aliphatic rings. The van der Waals surface area contributed by atoms with Crippen molar-refractivity contribution in [2.45, 2.75) is 13.0 Å². The fourth-order valence-electron chi connectivity index (χ4n) is 1.76. The molecular formula is C15H17NO3S. The minimum Gasteiger partial charge on any atom is -0.496 e. The molecule has 0 aliphatic carbocycles. The molecular weight excluding hydrogens is 274 g/mol. The Morgan fingerprint density at radius 3 is 2.60 bits per heavy atom. The van der Waals surface area contributed by atoms with Crippen LogP contribution in [0.3, 0.4) is 0 Å². The Kier molecular flexibility index (Phi) is 5.15. The second kappa shape index (κ2) is 7.07. The summed E-state index contributed by atoms with van der Waals surface area (Å²) < 4.78 is 5.05. The molecule has 1 heterocycles. The van der Waals surface area contributed by atoms with Crippen molar-refractivity contribution in [1.29, 1.82) is 0 Å². The van der Waals surface area contributed by atoms with Crippen LogP contribution < -0.4 is 10.1 Å². The number of ether oxygens (including phenoxy) is 1. The van der Waals surface area contributed by atoms with Gasteiger partial charge in [0.25, 0.3) is 5.91 Å². The lowest BCUT2D eigenvalue weighted by atomic mass is 10.1. The maximum absolute atomic E-state index is 11.9. The van der Waals surface area contributed by atoms with E-state index in [1.54, 1.807) is 13.2 Å². The molecule has 2 rings (SSSR count). The van der Waals surface area contributed by atoms with E-state index in [4.69, 9.17) is 9.84 Å². The quantitative estimate of drug-likeness (QED) is 0.858. The highest BCUT2D eigenvalue weighted by molar-refractivity contribution is 7.12. The van der Waals surface area contributed by atoms with Crippen molar-refractivity contribution in [2.75, 3.05) is 13.7 Å². The van der Waals surface area contributed by atoms with Crippen molar-refractivity contribution in [1.82, 2.24) is 5.32 Å². The average Bonchev–Trinajstić information content (AvgIpc) is 2.97. The first kappa shape index (κ1) is 14.6. The Labute approximate surface area is 122 Å². The molecule has 106 valence electrons. The van der Waals surface area contributed by atoms with E-state index in [1.807, 2.05) is 29.6 Å². The van der Waals surface area contributed by atoms with Gasteiger partial charge >= 0.3 is 0 Å². The number of carbonyl (C=O) groups is 1. The highest BCUT2D eigenvalue weighted by atomic mass is 32.1. The predicted octanol–water partition coefficient (Wildman–Crippen LogP) is 2.22. The number of amides is 1. The van der Waals surface area contributed by atoms with Gasteiger partial charge in [0, 0.05) is 18.0 Å². The van der Waals surface area contributed by atoms with Gasteiger partial charge < -0.3 is 15.2 Å². The van der Waals surface area contributed by atoms with Crippen molar-refractivity contribution in [2.24, 2.45) is 0 Å². The van der Waals surface area contributed by atoms with Gasteiger partial charge in [-0.3, -0.25) is 4.79 Å². The molecule has 0 unspecified atom stereocenters. The number of nitrogens with one attached hydrogen (secondary N) is 1.